The first-order chi connectivity index (χ1) is 12.8. The number of nitrogens with one attached hydrogen (secondary N) is 3. The molecule has 0 spiro atoms. The molecular formula is C20H27IN4OS. The number of guanidine groups is 1. The molecule has 146 valence electrons. The lowest BCUT2D eigenvalue weighted by molar-refractivity contribution is 0.0953. The Hall–Kier alpha value is -1.74. The number of halogens is 1. The second-order valence-electron chi connectivity index (χ2n) is 5.56. The standard InChI is InChI=1S/C20H26N4OS.HI/c1-21-20(24-15-16-26-18-11-6-3-7-12-18)23-14-8-13-22-19(25)17-9-4-2-5-10-17;/h2-7,9-12H,8,13-16H2,1H3,(H,22,25)(H2,21,23,24);1H. The van der Waals surface area contributed by atoms with Gasteiger partial charge in [0.1, 0.15) is 0 Å². The quantitative estimate of drug-likeness (QED) is 0.163. The lowest BCUT2D eigenvalue weighted by atomic mass is 10.2. The number of carbonyl (C=O) groups excluding carboxylic acids is 1. The maximum atomic E-state index is 11.9. The highest BCUT2D eigenvalue weighted by Gasteiger charge is 2.03. The molecule has 27 heavy (non-hydrogen) atoms. The lowest BCUT2D eigenvalue weighted by Crippen LogP contribution is -2.39. The van der Waals surface area contributed by atoms with Crippen LogP contribution >= 0.6 is 35.7 Å². The minimum atomic E-state index is -0.0361. The van der Waals surface area contributed by atoms with Gasteiger partial charge in [0.25, 0.3) is 5.91 Å². The number of benzene rings is 2. The van der Waals surface area contributed by atoms with Crippen LogP contribution in [0.3, 0.4) is 0 Å². The highest BCUT2D eigenvalue weighted by atomic mass is 127. The van der Waals surface area contributed by atoms with E-state index in [1.807, 2.05) is 60.3 Å². The molecule has 0 aliphatic rings. The molecule has 0 atom stereocenters. The van der Waals surface area contributed by atoms with Gasteiger partial charge in [0.2, 0.25) is 0 Å². The molecule has 0 aliphatic carbocycles. The third-order valence-electron chi connectivity index (χ3n) is 3.60. The van der Waals surface area contributed by atoms with Gasteiger partial charge in [-0.1, -0.05) is 36.4 Å². The highest BCUT2D eigenvalue weighted by molar-refractivity contribution is 14.0. The molecule has 0 unspecified atom stereocenters. The van der Waals surface area contributed by atoms with Gasteiger partial charge in [-0.05, 0) is 30.7 Å². The summed E-state index contributed by atoms with van der Waals surface area (Å²) in [4.78, 5) is 17.4. The maximum Gasteiger partial charge on any atom is 0.251 e. The number of rotatable bonds is 9. The van der Waals surface area contributed by atoms with Crippen molar-refractivity contribution in [3.05, 3.63) is 66.2 Å². The molecule has 0 radical (unpaired) electrons. The van der Waals surface area contributed by atoms with Crippen LogP contribution in [0.4, 0.5) is 0 Å². The van der Waals surface area contributed by atoms with E-state index in [-0.39, 0.29) is 29.9 Å². The Bertz CT molecular complexity index is 683. The van der Waals surface area contributed by atoms with E-state index in [1.54, 1.807) is 7.05 Å². The number of thioether (sulfide) groups is 1. The Balaban J connectivity index is 0.00000364. The van der Waals surface area contributed by atoms with E-state index in [9.17, 15) is 4.79 Å². The van der Waals surface area contributed by atoms with Crippen LogP contribution in [0.2, 0.25) is 0 Å². The molecule has 2 aromatic carbocycles. The third kappa shape index (κ3) is 9.67. The predicted molar refractivity (Wildman–Crippen MR) is 125 cm³/mol. The summed E-state index contributed by atoms with van der Waals surface area (Å²) in [5.41, 5.74) is 0.689. The zero-order valence-electron chi connectivity index (χ0n) is 15.5. The first kappa shape index (κ1) is 23.3. The molecule has 3 N–H and O–H groups in total. The minimum absolute atomic E-state index is 0. The van der Waals surface area contributed by atoms with Crippen LogP contribution in [0.25, 0.3) is 0 Å². The van der Waals surface area contributed by atoms with Crippen molar-refractivity contribution in [3.63, 3.8) is 0 Å². The summed E-state index contributed by atoms with van der Waals surface area (Å²) in [6, 6.07) is 19.6. The summed E-state index contributed by atoms with van der Waals surface area (Å²) in [7, 11) is 1.76. The van der Waals surface area contributed by atoms with Crippen LogP contribution in [0.15, 0.2) is 70.6 Å². The van der Waals surface area contributed by atoms with Crippen molar-refractivity contribution in [2.24, 2.45) is 4.99 Å². The fourth-order valence-electron chi connectivity index (χ4n) is 2.26. The molecule has 0 saturated carbocycles. The number of nitrogens with zero attached hydrogens (tertiary/aromatic N) is 1. The summed E-state index contributed by atoms with van der Waals surface area (Å²) in [6.07, 6.45) is 0.831. The number of hydrogen-bond donors (Lipinski definition) is 3. The average Bonchev–Trinajstić information content (AvgIpc) is 2.70. The Kier molecular flexibility index (Phi) is 12.4. The largest absolute Gasteiger partial charge is 0.356 e. The van der Waals surface area contributed by atoms with E-state index in [0.29, 0.717) is 12.1 Å². The molecular weight excluding hydrogens is 471 g/mol. The average molecular weight is 498 g/mol. The fraction of sp³-hybridized carbons (Fsp3) is 0.300. The van der Waals surface area contributed by atoms with E-state index in [4.69, 9.17) is 0 Å². The van der Waals surface area contributed by atoms with Crippen LogP contribution in [-0.4, -0.2) is 44.3 Å². The van der Waals surface area contributed by atoms with Crippen molar-refractivity contribution in [1.82, 2.24) is 16.0 Å². The summed E-state index contributed by atoms with van der Waals surface area (Å²) in [6.45, 7) is 2.21. The van der Waals surface area contributed by atoms with Crippen LogP contribution < -0.4 is 16.0 Å². The number of hydrogen-bond acceptors (Lipinski definition) is 3. The van der Waals surface area contributed by atoms with Crippen molar-refractivity contribution < 1.29 is 4.79 Å². The SMILES string of the molecule is CN=C(NCCCNC(=O)c1ccccc1)NCCSc1ccccc1.I. The lowest BCUT2D eigenvalue weighted by Gasteiger charge is -2.12. The van der Waals surface area contributed by atoms with Gasteiger partial charge in [-0.2, -0.15) is 0 Å². The Morgan fingerprint density at radius 3 is 2.15 bits per heavy atom. The van der Waals surface area contributed by atoms with Gasteiger partial charge >= 0.3 is 0 Å². The third-order valence-corrected chi connectivity index (χ3v) is 4.61. The first-order valence-electron chi connectivity index (χ1n) is 8.75. The molecule has 0 aliphatic heterocycles. The molecule has 0 saturated heterocycles. The first-order valence-corrected chi connectivity index (χ1v) is 9.74. The second kappa shape index (κ2) is 14.3. The molecule has 2 aromatic rings. The summed E-state index contributed by atoms with van der Waals surface area (Å²) in [5.74, 6) is 1.72. The van der Waals surface area contributed by atoms with Gasteiger partial charge in [0, 0.05) is 42.9 Å². The van der Waals surface area contributed by atoms with Crippen molar-refractivity contribution >= 4 is 47.6 Å². The molecule has 2 rings (SSSR count). The van der Waals surface area contributed by atoms with E-state index in [2.05, 4.69) is 33.1 Å². The molecule has 5 nitrogen and oxygen atoms in total. The Labute approximate surface area is 182 Å². The number of amides is 1. The van der Waals surface area contributed by atoms with Gasteiger partial charge < -0.3 is 16.0 Å². The zero-order valence-corrected chi connectivity index (χ0v) is 18.6. The number of carbonyl (C=O) groups is 1. The van der Waals surface area contributed by atoms with E-state index < -0.39 is 0 Å². The predicted octanol–water partition coefficient (Wildman–Crippen LogP) is 3.38. The van der Waals surface area contributed by atoms with Crippen molar-refractivity contribution in [1.29, 1.82) is 0 Å². The smallest absolute Gasteiger partial charge is 0.251 e. The van der Waals surface area contributed by atoms with Gasteiger partial charge in [-0.25, -0.2) is 0 Å². The van der Waals surface area contributed by atoms with Crippen LogP contribution in [0.5, 0.6) is 0 Å². The highest BCUT2D eigenvalue weighted by Crippen LogP contribution is 2.15. The fourth-order valence-corrected chi connectivity index (χ4v) is 3.05. The van der Waals surface area contributed by atoms with Gasteiger partial charge in [-0.15, -0.1) is 35.7 Å². The van der Waals surface area contributed by atoms with E-state index in [0.717, 1.165) is 31.2 Å². The van der Waals surface area contributed by atoms with Gasteiger partial charge in [0.05, 0.1) is 0 Å². The van der Waals surface area contributed by atoms with Crippen LogP contribution in [-0.2, 0) is 0 Å². The summed E-state index contributed by atoms with van der Waals surface area (Å²) in [5, 5.41) is 9.47. The second-order valence-corrected chi connectivity index (χ2v) is 6.73. The zero-order chi connectivity index (χ0) is 18.5. The van der Waals surface area contributed by atoms with Gasteiger partial charge in [-0.3, -0.25) is 9.79 Å². The minimum Gasteiger partial charge on any atom is -0.356 e. The van der Waals surface area contributed by atoms with Gasteiger partial charge in [0.15, 0.2) is 5.96 Å². The van der Waals surface area contributed by atoms with Crippen molar-refractivity contribution in [2.45, 2.75) is 11.3 Å². The van der Waals surface area contributed by atoms with Crippen LogP contribution in [0.1, 0.15) is 16.8 Å². The molecule has 0 heterocycles. The maximum absolute atomic E-state index is 11.9. The molecule has 1 amide bonds. The normalized spacial score (nSPS) is 10.6. The molecule has 0 aromatic heterocycles. The number of aliphatic imine (C=N–C) groups is 1. The van der Waals surface area contributed by atoms with Crippen LogP contribution in [0, 0.1) is 0 Å². The van der Waals surface area contributed by atoms with E-state index in [1.165, 1.54) is 4.90 Å². The van der Waals surface area contributed by atoms with E-state index >= 15 is 0 Å². The van der Waals surface area contributed by atoms with Crippen molar-refractivity contribution in [3.8, 4) is 0 Å². The molecule has 7 heteroatoms. The molecule has 0 bridgehead atoms. The van der Waals surface area contributed by atoms with Crippen molar-refractivity contribution in [2.75, 3.05) is 32.4 Å². The summed E-state index contributed by atoms with van der Waals surface area (Å²) < 4.78 is 0. The monoisotopic (exact) mass is 498 g/mol. The summed E-state index contributed by atoms with van der Waals surface area (Å²) >= 11 is 1.81. The topological polar surface area (TPSA) is 65.5 Å². The molecule has 0 fully saturated rings. The Morgan fingerprint density at radius 1 is 0.889 bits per heavy atom. The Morgan fingerprint density at radius 2 is 1.48 bits per heavy atom.